The normalized spacial score (nSPS) is 18.0. The summed E-state index contributed by atoms with van der Waals surface area (Å²) in [6, 6.07) is 1.52. The first kappa shape index (κ1) is 15.8. The summed E-state index contributed by atoms with van der Waals surface area (Å²) < 4.78 is 6.18. The van der Waals surface area contributed by atoms with Crippen molar-refractivity contribution < 1.29 is 14.4 Å². The van der Waals surface area contributed by atoms with Gasteiger partial charge in [0.15, 0.2) is 5.34 Å². The number of halogens is 1. The fourth-order valence-corrected chi connectivity index (χ4v) is 2.31. The van der Waals surface area contributed by atoms with Crippen LogP contribution < -0.4 is 10.6 Å². The van der Waals surface area contributed by atoms with Gasteiger partial charge in [-0.1, -0.05) is 0 Å². The van der Waals surface area contributed by atoms with Gasteiger partial charge >= 0.3 is 5.97 Å². The fraction of sp³-hybridized carbons (Fsp3) is 0.500. The largest absolute Gasteiger partial charge is 0.376 e. The van der Waals surface area contributed by atoms with E-state index >= 15 is 0 Å². The van der Waals surface area contributed by atoms with E-state index in [1.54, 1.807) is 6.20 Å². The molecule has 1 unspecified atom stereocenters. The molecule has 0 spiro atoms. The molecule has 0 aliphatic carbocycles. The molecule has 0 amide bonds. The molecule has 1 fully saturated rings. The summed E-state index contributed by atoms with van der Waals surface area (Å²) in [4.78, 5) is 29.9. The van der Waals surface area contributed by atoms with Gasteiger partial charge in [0.25, 0.3) is 0 Å². The molecule has 0 radical (unpaired) electrons. The highest BCUT2D eigenvalue weighted by Crippen LogP contribution is 2.19. The molecule has 1 saturated heterocycles. The topological polar surface area (TPSA) is 102 Å². The number of rotatable bonds is 6. The van der Waals surface area contributed by atoms with Crippen LogP contribution in [-0.4, -0.2) is 43.3 Å². The second-order valence-corrected chi connectivity index (χ2v) is 5.33. The number of anilines is 1. The van der Waals surface area contributed by atoms with Gasteiger partial charge in [0, 0.05) is 30.3 Å². The first-order chi connectivity index (χ1) is 10.2. The Morgan fingerprint density at radius 3 is 3.24 bits per heavy atom. The Kier molecular flexibility index (Phi) is 6.03. The third-order valence-corrected chi connectivity index (χ3v) is 3.39. The maximum absolute atomic E-state index is 11.6. The smallest absolute Gasteiger partial charge is 0.373 e. The molecule has 1 aromatic rings. The van der Waals surface area contributed by atoms with Crippen molar-refractivity contribution in [1.82, 2.24) is 10.3 Å². The number of nitrogens with one attached hydrogen (secondary N) is 2. The second-order valence-electron chi connectivity index (χ2n) is 4.42. The summed E-state index contributed by atoms with van der Waals surface area (Å²) >= 11 is 3.21. The van der Waals surface area contributed by atoms with Gasteiger partial charge in [0.05, 0.1) is 12.7 Å². The molecule has 1 aliphatic heterocycles. The molecular formula is C12H15BrN4O4. The Labute approximate surface area is 129 Å². The van der Waals surface area contributed by atoms with Crippen LogP contribution in [0.25, 0.3) is 0 Å². The maximum Gasteiger partial charge on any atom is 0.373 e. The van der Waals surface area contributed by atoms with Gasteiger partial charge in [-0.2, -0.15) is 0 Å². The van der Waals surface area contributed by atoms with Gasteiger partial charge in [-0.25, -0.2) is 9.78 Å². The minimum Gasteiger partial charge on any atom is -0.376 e. The summed E-state index contributed by atoms with van der Waals surface area (Å²) in [7, 11) is 0. The van der Waals surface area contributed by atoms with Crippen molar-refractivity contribution in [2.45, 2.75) is 12.5 Å². The number of ether oxygens (including phenoxy) is 1. The lowest BCUT2D eigenvalue weighted by Gasteiger charge is -2.23. The molecule has 21 heavy (non-hydrogen) atoms. The predicted molar refractivity (Wildman–Crippen MR) is 78.9 cm³/mol. The molecule has 8 nitrogen and oxygen atoms in total. The van der Waals surface area contributed by atoms with Crippen molar-refractivity contribution in [3.05, 3.63) is 27.2 Å². The molecule has 0 aromatic carbocycles. The molecule has 0 saturated carbocycles. The standard InChI is InChI=1S/C12H15BrN4O4/c13-8-5-10(12(18)21-17-19)11(16-6-8)15-2-1-9-7-14-3-4-20-9/h5-6,9,14H,1-4,7H2,(H,15,16). The SMILES string of the molecule is O=NOC(=O)c1cc(Br)cnc1NCCC1CNCCO1. The van der Waals surface area contributed by atoms with Crippen LogP contribution in [0.5, 0.6) is 0 Å². The van der Waals surface area contributed by atoms with Crippen LogP contribution in [0.15, 0.2) is 22.1 Å². The number of carbonyl (C=O) groups excluding carboxylic acids is 1. The number of morpholine rings is 1. The molecular weight excluding hydrogens is 344 g/mol. The summed E-state index contributed by atoms with van der Waals surface area (Å²) in [6.07, 6.45) is 2.45. The summed E-state index contributed by atoms with van der Waals surface area (Å²) in [6.45, 7) is 2.95. The van der Waals surface area contributed by atoms with Gasteiger partial charge < -0.3 is 15.4 Å². The Balaban J connectivity index is 1.95. The van der Waals surface area contributed by atoms with Crippen molar-refractivity contribution in [2.24, 2.45) is 5.34 Å². The number of pyridine rings is 1. The molecule has 1 aromatic heterocycles. The van der Waals surface area contributed by atoms with Crippen LogP contribution in [-0.2, 0) is 9.57 Å². The van der Waals surface area contributed by atoms with E-state index in [2.05, 4.69) is 41.7 Å². The quantitative estimate of drug-likeness (QED) is 0.586. The van der Waals surface area contributed by atoms with Gasteiger partial charge in [-0.3, -0.25) is 4.84 Å². The average molecular weight is 359 g/mol. The Morgan fingerprint density at radius 1 is 1.67 bits per heavy atom. The minimum absolute atomic E-state index is 0.133. The zero-order valence-corrected chi connectivity index (χ0v) is 12.8. The highest BCUT2D eigenvalue weighted by Gasteiger charge is 2.17. The van der Waals surface area contributed by atoms with E-state index in [0.29, 0.717) is 23.4 Å². The number of hydrogen-bond donors (Lipinski definition) is 2. The first-order valence-electron chi connectivity index (χ1n) is 6.46. The van der Waals surface area contributed by atoms with Gasteiger partial charge in [0.1, 0.15) is 11.4 Å². The van der Waals surface area contributed by atoms with Crippen LogP contribution in [0, 0.1) is 4.91 Å². The summed E-state index contributed by atoms with van der Waals surface area (Å²) in [5, 5.41) is 8.42. The van der Waals surface area contributed by atoms with Gasteiger partial charge in [-0.15, -0.1) is 4.91 Å². The first-order valence-corrected chi connectivity index (χ1v) is 7.25. The lowest BCUT2D eigenvalue weighted by Crippen LogP contribution is -2.39. The summed E-state index contributed by atoms with van der Waals surface area (Å²) in [5.41, 5.74) is 0.145. The molecule has 1 atom stereocenters. The van der Waals surface area contributed by atoms with Crippen LogP contribution in [0.1, 0.15) is 16.8 Å². The van der Waals surface area contributed by atoms with Crippen molar-refractivity contribution in [2.75, 3.05) is 31.6 Å². The fourth-order valence-electron chi connectivity index (χ4n) is 1.98. The van der Waals surface area contributed by atoms with Crippen LogP contribution in [0.4, 0.5) is 5.82 Å². The Morgan fingerprint density at radius 2 is 2.52 bits per heavy atom. The van der Waals surface area contributed by atoms with E-state index in [4.69, 9.17) is 4.74 Å². The number of hydrogen-bond acceptors (Lipinski definition) is 8. The van der Waals surface area contributed by atoms with E-state index in [1.807, 2.05) is 0 Å². The lowest BCUT2D eigenvalue weighted by molar-refractivity contribution is 0.0258. The van der Waals surface area contributed by atoms with Crippen molar-refractivity contribution >= 4 is 27.7 Å². The predicted octanol–water partition coefficient (Wildman–Crippen LogP) is 1.47. The average Bonchev–Trinajstić information content (AvgIpc) is 2.50. The van der Waals surface area contributed by atoms with E-state index in [0.717, 1.165) is 19.5 Å². The molecule has 9 heteroatoms. The molecule has 1 aliphatic rings. The van der Waals surface area contributed by atoms with Gasteiger partial charge in [0.2, 0.25) is 0 Å². The zero-order chi connectivity index (χ0) is 15.1. The Bertz CT molecular complexity index is 508. The maximum atomic E-state index is 11.6. The molecule has 2 heterocycles. The zero-order valence-electron chi connectivity index (χ0n) is 11.2. The Hall–Kier alpha value is -1.58. The third-order valence-electron chi connectivity index (χ3n) is 2.96. The third kappa shape index (κ3) is 4.73. The highest BCUT2D eigenvalue weighted by molar-refractivity contribution is 9.10. The monoisotopic (exact) mass is 358 g/mol. The van der Waals surface area contributed by atoms with E-state index in [1.165, 1.54) is 6.07 Å². The van der Waals surface area contributed by atoms with Crippen molar-refractivity contribution in [3.8, 4) is 0 Å². The number of nitrogens with zero attached hydrogens (tertiary/aromatic N) is 2. The van der Waals surface area contributed by atoms with E-state index < -0.39 is 5.97 Å². The highest BCUT2D eigenvalue weighted by atomic mass is 79.9. The molecule has 114 valence electrons. The van der Waals surface area contributed by atoms with E-state index in [-0.39, 0.29) is 11.7 Å². The van der Waals surface area contributed by atoms with Crippen LogP contribution >= 0.6 is 15.9 Å². The van der Waals surface area contributed by atoms with Crippen molar-refractivity contribution in [3.63, 3.8) is 0 Å². The molecule has 2 N–H and O–H groups in total. The lowest BCUT2D eigenvalue weighted by atomic mass is 10.2. The van der Waals surface area contributed by atoms with Crippen LogP contribution in [0.2, 0.25) is 0 Å². The molecule has 2 rings (SSSR count). The van der Waals surface area contributed by atoms with E-state index in [9.17, 15) is 9.70 Å². The van der Waals surface area contributed by atoms with Crippen LogP contribution in [0.3, 0.4) is 0 Å². The minimum atomic E-state index is -0.850. The number of aromatic nitrogens is 1. The second kappa shape index (κ2) is 8.01. The van der Waals surface area contributed by atoms with Crippen molar-refractivity contribution in [1.29, 1.82) is 0 Å². The molecule has 0 bridgehead atoms. The number of carbonyl (C=O) groups is 1. The van der Waals surface area contributed by atoms with Gasteiger partial charge in [-0.05, 0) is 28.4 Å². The summed E-state index contributed by atoms with van der Waals surface area (Å²) in [5.74, 6) is -0.507.